The highest BCUT2D eigenvalue weighted by atomic mass is 35.5. The number of carbonyl (C=O) groups excluding carboxylic acids is 1. The molecular formula is C15H33Cl2N3O2. The molecule has 1 aliphatic rings. The first-order valence-corrected chi connectivity index (χ1v) is 7.87. The average molecular weight is 358 g/mol. The molecule has 1 N–H and O–H groups in total. The Morgan fingerprint density at radius 3 is 2.23 bits per heavy atom. The van der Waals surface area contributed by atoms with Crippen molar-refractivity contribution in [2.45, 2.75) is 32.7 Å². The zero-order valence-corrected chi connectivity index (χ0v) is 16.0. The van der Waals surface area contributed by atoms with Gasteiger partial charge in [-0.05, 0) is 13.0 Å². The number of nitrogens with one attached hydrogen (secondary N) is 1. The fourth-order valence-corrected chi connectivity index (χ4v) is 2.86. The van der Waals surface area contributed by atoms with Crippen LogP contribution in [0.15, 0.2) is 0 Å². The zero-order valence-electron chi connectivity index (χ0n) is 14.3. The second-order valence-electron chi connectivity index (χ2n) is 5.53. The van der Waals surface area contributed by atoms with E-state index in [1.165, 1.54) is 0 Å². The summed E-state index contributed by atoms with van der Waals surface area (Å²) in [5, 5.41) is 3.10. The summed E-state index contributed by atoms with van der Waals surface area (Å²) in [6, 6.07) is 0.00996. The van der Waals surface area contributed by atoms with E-state index >= 15 is 0 Å². The molecule has 1 rings (SSSR count). The molecule has 1 fully saturated rings. The van der Waals surface area contributed by atoms with Crippen molar-refractivity contribution in [3.05, 3.63) is 0 Å². The fraction of sp³-hybridized carbons (Fsp3) is 0.933. The lowest BCUT2D eigenvalue weighted by Crippen LogP contribution is -2.55. The van der Waals surface area contributed by atoms with Gasteiger partial charge < -0.3 is 15.0 Å². The molecule has 0 aliphatic carbocycles. The molecule has 7 heteroatoms. The van der Waals surface area contributed by atoms with Crippen molar-refractivity contribution >= 4 is 30.7 Å². The SMILES string of the molecule is CCC(CC)C(C(=O)N(C)CCNC)N1CCOCC1.Cl.Cl. The van der Waals surface area contributed by atoms with Crippen LogP contribution in [-0.4, -0.2) is 75.2 Å². The normalized spacial score (nSPS) is 16.6. The summed E-state index contributed by atoms with van der Waals surface area (Å²) in [7, 11) is 3.83. The monoisotopic (exact) mass is 357 g/mol. The number of rotatable bonds is 8. The summed E-state index contributed by atoms with van der Waals surface area (Å²) in [4.78, 5) is 17.0. The summed E-state index contributed by atoms with van der Waals surface area (Å²) in [6.07, 6.45) is 2.09. The Labute approximate surface area is 147 Å². The Balaban J connectivity index is 0. The number of halogens is 2. The summed E-state index contributed by atoms with van der Waals surface area (Å²) in [5.74, 6) is 0.688. The van der Waals surface area contributed by atoms with Crippen molar-refractivity contribution in [3.63, 3.8) is 0 Å². The highest BCUT2D eigenvalue weighted by Crippen LogP contribution is 2.21. The Morgan fingerprint density at radius 1 is 1.23 bits per heavy atom. The van der Waals surface area contributed by atoms with E-state index in [-0.39, 0.29) is 36.8 Å². The first-order chi connectivity index (χ1) is 9.65. The third-order valence-corrected chi connectivity index (χ3v) is 4.26. The highest BCUT2D eigenvalue weighted by molar-refractivity contribution is 5.85. The second kappa shape index (κ2) is 13.4. The summed E-state index contributed by atoms with van der Waals surface area (Å²) < 4.78 is 5.43. The van der Waals surface area contributed by atoms with Crippen LogP contribution >= 0.6 is 24.8 Å². The van der Waals surface area contributed by atoms with Crippen molar-refractivity contribution in [3.8, 4) is 0 Å². The number of hydrogen-bond acceptors (Lipinski definition) is 4. The number of nitrogens with zero attached hydrogens (tertiary/aromatic N) is 2. The molecule has 22 heavy (non-hydrogen) atoms. The van der Waals surface area contributed by atoms with Crippen LogP contribution in [0.3, 0.4) is 0 Å². The van der Waals surface area contributed by atoms with Crippen molar-refractivity contribution in [2.24, 2.45) is 5.92 Å². The third-order valence-electron chi connectivity index (χ3n) is 4.26. The van der Waals surface area contributed by atoms with Crippen LogP contribution in [0, 0.1) is 5.92 Å². The van der Waals surface area contributed by atoms with Crippen LogP contribution < -0.4 is 5.32 Å². The number of morpholine rings is 1. The van der Waals surface area contributed by atoms with Gasteiger partial charge in [-0.2, -0.15) is 0 Å². The number of ether oxygens (including phenoxy) is 1. The van der Waals surface area contributed by atoms with E-state index in [1.54, 1.807) is 0 Å². The number of likely N-dealkylation sites (N-methyl/N-ethyl adjacent to an activating group) is 2. The van der Waals surface area contributed by atoms with Gasteiger partial charge in [0, 0.05) is 33.2 Å². The minimum absolute atomic E-state index is 0. The molecule has 0 aromatic heterocycles. The van der Waals surface area contributed by atoms with Gasteiger partial charge in [-0.25, -0.2) is 0 Å². The molecule has 1 saturated heterocycles. The van der Waals surface area contributed by atoms with E-state index in [9.17, 15) is 4.79 Å². The fourth-order valence-electron chi connectivity index (χ4n) is 2.86. The van der Waals surface area contributed by atoms with Gasteiger partial charge >= 0.3 is 0 Å². The van der Waals surface area contributed by atoms with Gasteiger partial charge in [0.05, 0.1) is 19.3 Å². The topological polar surface area (TPSA) is 44.8 Å². The van der Waals surface area contributed by atoms with Gasteiger partial charge in [0.25, 0.3) is 0 Å². The van der Waals surface area contributed by atoms with Gasteiger partial charge in [-0.3, -0.25) is 9.69 Å². The minimum atomic E-state index is 0. The van der Waals surface area contributed by atoms with Gasteiger partial charge in [0.1, 0.15) is 0 Å². The molecule has 0 bridgehead atoms. The quantitative estimate of drug-likeness (QED) is 0.717. The van der Waals surface area contributed by atoms with Gasteiger partial charge in [0.15, 0.2) is 0 Å². The molecule has 1 heterocycles. The smallest absolute Gasteiger partial charge is 0.240 e. The second-order valence-corrected chi connectivity index (χ2v) is 5.53. The molecule has 0 aromatic rings. The van der Waals surface area contributed by atoms with Crippen LogP contribution in [0.5, 0.6) is 0 Å². The largest absolute Gasteiger partial charge is 0.379 e. The lowest BCUT2D eigenvalue weighted by molar-refractivity contribution is -0.140. The van der Waals surface area contributed by atoms with Crippen LogP contribution in [0.4, 0.5) is 0 Å². The van der Waals surface area contributed by atoms with Gasteiger partial charge in [0.2, 0.25) is 5.91 Å². The standard InChI is InChI=1S/C15H31N3O2.2ClH/c1-5-13(6-2)14(18-9-11-20-12-10-18)15(19)17(4)8-7-16-3;;/h13-14,16H,5-12H2,1-4H3;2*1H. The van der Waals surface area contributed by atoms with E-state index in [2.05, 4.69) is 24.1 Å². The number of carbonyl (C=O) groups is 1. The van der Waals surface area contributed by atoms with E-state index in [1.807, 2.05) is 19.0 Å². The third kappa shape index (κ3) is 7.01. The maximum Gasteiger partial charge on any atom is 0.240 e. The van der Waals surface area contributed by atoms with Gasteiger partial charge in [-0.15, -0.1) is 24.8 Å². The van der Waals surface area contributed by atoms with Crippen LogP contribution in [0.25, 0.3) is 0 Å². The predicted molar refractivity (Wildman–Crippen MR) is 96.3 cm³/mol. The van der Waals surface area contributed by atoms with Crippen LogP contribution in [-0.2, 0) is 9.53 Å². The predicted octanol–water partition coefficient (Wildman–Crippen LogP) is 1.64. The summed E-state index contributed by atoms with van der Waals surface area (Å²) in [5.41, 5.74) is 0. The molecule has 1 atom stereocenters. The number of hydrogen-bond donors (Lipinski definition) is 1. The molecule has 1 amide bonds. The van der Waals surface area contributed by atoms with Crippen molar-refractivity contribution < 1.29 is 9.53 Å². The summed E-state index contributed by atoms with van der Waals surface area (Å²) in [6.45, 7) is 9.18. The molecule has 5 nitrogen and oxygen atoms in total. The lowest BCUT2D eigenvalue weighted by atomic mass is 9.91. The van der Waals surface area contributed by atoms with Crippen molar-refractivity contribution in [1.29, 1.82) is 0 Å². The Hall–Kier alpha value is -0.0700. The van der Waals surface area contributed by atoms with Crippen LogP contribution in [0.2, 0.25) is 0 Å². The first kappa shape index (κ1) is 24.2. The number of amides is 1. The Kier molecular flexibility index (Phi) is 14.7. The van der Waals surface area contributed by atoms with Gasteiger partial charge in [-0.1, -0.05) is 26.7 Å². The molecule has 1 unspecified atom stereocenters. The maximum absolute atomic E-state index is 12.8. The maximum atomic E-state index is 12.8. The van der Waals surface area contributed by atoms with E-state index < -0.39 is 0 Å². The highest BCUT2D eigenvalue weighted by Gasteiger charge is 2.34. The minimum Gasteiger partial charge on any atom is -0.379 e. The first-order valence-electron chi connectivity index (χ1n) is 7.87. The van der Waals surface area contributed by atoms with E-state index in [0.717, 1.165) is 52.2 Å². The molecule has 0 aromatic carbocycles. The lowest BCUT2D eigenvalue weighted by Gasteiger charge is -2.39. The Bertz CT molecular complexity index is 286. The van der Waals surface area contributed by atoms with Crippen LogP contribution in [0.1, 0.15) is 26.7 Å². The van der Waals surface area contributed by atoms with Crippen molar-refractivity contribution in [2.75, 3.05) is 53.5 Å². The van der Waals surface area contributed by atoms with E-state index in [0.29, 0.717) is 5.92 Å². The summed E-state index contributed by atoms with van der Waals surface area (Å²) >= 11 is 0. The molecule has 0 radical (unpaired) electrons. The molecule has 0 spiro atoms. The molecule has 1 aliphatic heterocycles. The molecular weight excluding hydrogens is 325 g/mol. The van der Waals surface area contributed by atoms with Crippen molar-refractivity contribution in [1.82, 2.24) is 15.1 Å². The van der Waals surface area contributed by atoms with E-state index in [4.69, 9.17) is 4.74 Å². The Morgan fingerprint density at radius 2 is 1.77 bits per heavy atom. The average Bonchev–Trinajstić information content (AvgIpc) is 2.50. The zero-order chi connectivity index (χ0) is 15.0. The molecule has 0 saturated carbocycles. The molecule has 134 valence electrons.